The molecule has 92 valence electrons. The molecule has 0 amide bonds. The number of aryl methyl sites for hydroxylation is 2. The molecule has 3 rings (SSSR count). The number of nitrogen functional groups attached to an aromatic ring is 1. The van der Waals surface area contributed by atoms with Crippen molar-refractivity contribution in [2.24, 2.45) is 0 Å². The van der Waals surface area contributed by atoms with Gasteiger partial charge in [-0.15, -0.1) is 0 Å². The van der Waals surface area contributed by atoms with Gasteiger partial charge in [0.05, 0.1) is 22.6 Å². The highest BCUT2D eigenvalue weighted by Crippen LogP contribution is 2.32. The van der Waals surface area contributed by atoms with Gasteiger partial charge in [-0.3, -0.25) is 4.98 Å². The number of pyridine rings is 1. The molecular formula is C14H14ClN3. The molecule has 0 spiro atoms. The Labute approximate surface area is 111 Å². The first-order valence-electron chi connectivity index (χ1n) is 6.02. The van der Waals surface area contributed by atoms with Gasteiger partial charge in [-0.2, -0.15) is 0 Å². The van der Waals surface area contributed by atoms with E-state index < -0.39 is 0 Å². The van der Waals surface area contributed by atoms with E-state index in [2.05, 4.69) is 28.5 Å². The molecule has 0 saturated carbocycles. The van der Waals surface area contributed by atoms with E-state index in [1.54, 1.807) is 12.4 Å². The van der Waals surface area contributed by atoms with Gasteiger partial charge < -0.3 is 11.1 Å². The average molecular weight is 260 g/mol. The number of nitrogens with zero attached hydrogens (tertiary/aromatic N) is 1. The molecule has 3 N–H and O–H groups in total. The summed E-state index contributed by atoms with van der Waals surface area (Å²) in [5.74, 6) is 0. The van der Waals surface area contributed by atoms with Crippen molar-refractivity contribution in [2.75, 3.05) is 11.1 Å². The smallest absolute Gasteiger partial charge is 0.0845 e. The molecule has 0 atom stereocenters. The van der Waals surface area contributed by atoms with Crippen molar-refractivity contribution in [1.82, 2.24) is 4.98 Å². The number of fused-ring (bicyclic) bond motifs is 1. The molecule has 1 aliphatic rings. The molecule has 4 heteroatoms. The normalized spacial score (nSPS) is 13.4. The topological polar surface area (TPSA) is 50.9 Å². The molecule has 1 aromatic carbocycles. The Morgan fingerprint density at radius 2 is 2.00 bits per heavy atom. The predicted octanol–water partition coefficient (Wildman–Crippen LogP) is 3.55. The van der Waals surface area contributed by atoms with Crippen LogP contribution in [0, 0.1) is 0 Å². The number of hydrogen-bond donors (Lipinski definition) is 2. The van der Waals surface area contributed by atoms with Crippen molar-refractivity contribution in [3.63, 3.8) is 0 Å². The fourth-order valence-electron chi connectivity index (χ4n) is 2.38. The summed E-state index contributed by atoms with van der Waals surface area (Å²) >= 11 is 6.09. The quantitative estimate of drug-likeness (QED) is 0.867. The van der Waals surface area contributed by atoms with Gasteiger partial charge in [0.25, 0.3) is 0 Å². The first-order valence-corrected chi connectivity index (χ1v) is 6.39. The first-order chi connectivity index (χ1) is 8.74. The lowest BCUT2D eigenvalue weighted by atomic mass is 10.1. The van der Waals surface area contributed by atoms with E-state index in [9.17, 15) is 0 Å². The SMILES string of the molecule is Nc1cncc(Cl)c1Nc1ccc2c(c1)CCC2. The molecule has 1 aliphatic carbocycles. The minimum absolute atomic E-state index is 0.537. The average Bonchev–Trinajstić information content (AvgIpc) is 2.81. The summed E-state index contributed by atoms with van der Waals surface area (Å²) in [6.07, 6.45) is 6.78. The van der Waals surface area contributed by atoms with E-state index in [-0.39, 0.29) is 0 Å². The van der Waals surface area contributed by atoms with Crippen LogP contribution in [0.15, 0.2) is 30.6 Å². The van der Waals surface area contributed by atoms with Crippen LogP contribution in [-0.2, 0) is 12.8 Å². The summed E-state index contributed by atoms with van der Waals surface area (Å²) in [5.41, 5.74) is 11.1. The van der Waals surface area contributed by atoms with E-state index in [0.717, 1.165) is 17.8 Å². The third-order valence-corrected chi connectivity index (χ3v) is 3.58. The monoisotopic (exact) mass is 259 g/mol. The highest BCUT2D eigenvalue weighted by Gasteiger charge is 2.12. The molecule has 2 aromatic rings. The number of nitrogens with two attached hydrogens (primary N) is 1. The number of benzene rings is 1. The summed E-state index contributed by atoms with van der Waals surface area (Å²) < 4.78 is 0. The largest absolute Gasteiger partial charge is 0.396 e. The minimum Gasteiger partial charge on any atom is -0.396 e. The highest BCUT2D eigenvalue weighted by molar-refractivity contribution is 6.33. The van der Waals surface area contributed by atoms with Gasteiger partial charge in [-0.1, -0.05) is 17.7 Å². The molecular weight excluding hydrogens is 246 g/mol. The van der Waals surface area contributed by atoms with Crippen molar-refractivity contribution >= 4 is 28.7 Å². The fraction of sp³-hybridized carbons (Fsp3) is 0.214. The lowest BCUT2D eigenvalue weighted by molar-refractivity contribution is 0.912. The highest BCUT2D eigenvalue weighted by atomic mass is 35.5. The number of halogens is 1. The van der Waals surface area contributed by atoms with Gasteiger partial charge in [0, 0.05) is 11.9 Å². The van der Waals surface area contributed by atoms with Crippen molar-refractivity contribution < 1.29 is 0 Å². The Balaban J connectivity index is 1.93. The Kier molecular flexibility index (Phi) is 2.84. The van der Waals surface area contributed by atoms with E-state index in [1.807, 2.05) is 0 Å². The van der Waals surface area contributed by atoms with E-state index in [0.29, 0.717) is 10.7 Å². The second-order valence-electron chi connectivity index (χ2n) is 4.55. The maximum Gasteiger partial charge on any atom is 0.0845 e. The van der Waals surface area contributed by atoms with Crippen LogP contribution in [0.4, 0.5) is 17.1 Å². The molecule has 0 saturated heterocycles. The Morgan fingerprint density at radius 1 is 1.17 bits per heavy atom. The van der Waals surface area contributed by atoms with Crippen LogP contribution in [-0.4, -0.2) is 4.98 Å². The first kappa shape index (κ1) is 11.4. The molecule has 0 aliphatic heterocycles. The van der Waals surface area contributed by atoms with Gasteiger partial charge in [0.2, 0.25) is 0 Å². The molecule has 18 heavy (non-hydrogen) atoms. The molecule has 0 fully saturated rings. The van der Waals surface area contributed by atoms with Crippen molar-refractivity contribution in [3.05, 3.63) is 46.7 Å². The molecule has 0 unspecified atom stereocenters. The third kappa shape index (κ3) is 2.02. The number of hydrogen-bond acceptors (Lipinski definition) is 3. The van der Waals surface area contributed by atoms with Gasteiger partial charge >= 0.3 is 0 Å². The Bertz CT molecular complexity index is 575. The van der Waals surface area contributed by atoms with Gasteiger partial charge in [-0.25, -0.2) is 0 Å². The fourth-order valence-corrected chi connectivity index (χ4v) is 2.59. The van der Waals surface area contributed by atoms with E-state index in [4.69, 9.17) is 17.3 Å². The third-order valence-electron chi connectivity index (χ3n) is 3.30. The maximum absolute atomic E-state index is 6.09. The van der Waals surface area contributed by atoms with Crippen LogP contribution in [0.2, 0.25) is 5.02 Å². The molecule has 3 nitrogen and oxygen atoms in total. The van der Waals surface area contributed by atoms with Crippen molar-refractivity contribution in [2.45, 2.75) is 19.3 Å². The zero-order valence-corrected chi connectivity index (χ0v) is 10.7. The van der Waals surface area contributed by atoms with Crippen LogP contribution in [0.25, 0.3) is 0 Å². The van der Waals surface area contributed by atoms with Crippen LogP contribution in [0.1, 0.15) is 17.5 Å². The maximum atomic E-state index is 6.09. The lowest BCUT2D eigenvalue weighted by Gasteiger charge is -2.11. The van der Waals surface area contributed by atoms with E-state index >= 15 is 0 Å². The standard InChI is InChI=1S/C14H14ClN3/c15-12-7-17-8-13(16)14(12)18-11-5-4-9-2-1-3-10(9)6-11/h4-8H,1-3,16H2,(H,17,18). The number of nitrogens with one attached hydrogen (secondary N) is 1. The second kappa shape index (κ2) is 4.50. The summed E-state index contributed by atoms with van der Waals surface area (Å²) in [5, 5.41) is 3.81. The summed E-state index contributed by atoms with van der Waals surface area (Å²) in [7, 11) is 0. The van der Waals surface area contributed by atoms with Gasteiger partial charge in [0.15, 0.2) is 0 Å². The zero-order chi connectivity index (χ0) is 12.5. The number of aromatic nitrogens is 1. The molecule has 0 radical (unpaired) electrons. The summed E-state index contributed by atoms with van der Waals surface area (Å²) in [6, 6.07) is 6.43. The van der Waals surface area contributed by atoms with Crippen LogP contribution in [0.3, 0.4) is 0 Å². The minimum atomic E-state index is 0.537. The number of rotatable bonds is 2. The van der Waals surface area contributed by atoms with Crippen LogP contribution in [0.5, 0.6) is 0 Å². The van der Waals surface area contributed by atoms with Crippen LogP contribution < -0.4 is 11.1 Å². The summed E-state index contributed by atoms with van der Waals surface area (Å²) in [6.45, 7) is 0. The predicted molar refractivity (Wildman–Crippen MR) is 75.4 cm³/mol. The van der Waals surface area contributed by atoms with Crippen molar-refractivity contribution in [3.8, 4) is 0 Å². The summed E-state index contributed by atoms with van der Waals surface area (Å²) in [4.78, 5) is 3.95. The zero-order valence-electron chi connectivity index (χ0n) is 9.91. The van der Waals surface area contributed by atoms with Crippen molar-refractivity contribution in [1.29, 1.82) is 0 Å². The number of anilines is 3. The van der Waals surface area contributed by atoms with Crippen LogP contribution >= 0.6 is 11.6 Å². The Hall–Kier alpha value is -1.74. The Morgan fingerprint density at radius 3 is 2.83 bits per heavy atom. The lowest BCUT2D eigenvalue weighted by Crippen LogP contribution is -1.98. The molecule has 1 aromatic heterocycles. The van der Waals surface area contributed by atoms with Gasteiger partial charge in [0.1, 0.15) is 0 Å². The van der Waals surface area contributed by atoms with Gasteiger partial charge in [-0.05, 0) is 42.5 Å². The molecule has 0 bridgehead atoms. The van der Waals surface area contributed by atoms with E-state index in [1.165, 1.54) is 24.0 Å². The molecule has 1 heterocycles. The second-order valence-corrected chi connectivity index (χ2v) is 4.95.